The van der Waals surface area contributed by atoms with Crippen LogP contribution in [0.3, 0.4) is 0 Å². The second-order valence-electron chi connectivity index (χ2n) is 4.71. The third kappa shape index (κ3) is 3.93. The number of carboxylic acid groups (broad SMARTS) is 2. The highest BCUT2D eigenvalue weighted by Gasteiger charge is 2.28. The Bertz CT molecular complexity index is 931. The number of halogens is 2. The van der Waals surface area contributed by atoms with Crippen molar-refractivity contribution in [1.29, 1.82) is 0 Å². The van der Waals surface area contributed by atoms with Crippen LogP contribution < -0.4 is 4.72 Å². The zero-order valence-electron chi connectivity index (χ0n) is 11.7. The van der Waals surface area contributed by atoms with Crippen LogP contribution in [0.5, 0.6) is 0 Å². The van der Waals surface area contributed by atoms with Crippen LogP contribution in [-0.4, -0.2) is 41.6 Å². The van der Waals surface area contributed by atoms with Gasteiger partial charge in [0.2, 0.25) is 10.0 Å². The van der Waals surface area contributed by atoms with Gasteiger partial charge in [-0.05, 0) is 12.1 Å². The Balaban J connectivity index is 2.45. The highest BCUT2D eigenvalue weighted by molar-refractivity contribution is 7.89. The standard InChI is InChI=1S/C13H10Cl2N2O6S/c14-9-5-16-12(15)8-3-6(1-2-7(8)9)24(22,23)17-10(13(20)21)4-11(18)19/h1-3,5,10,17H,4H2,(H,18,19)(H,20,21)/t10-/m1/s1. The summed E-state index contributed by atoms with van der Waals surface area (Å²) in [6.45, 7) is 0. The average molecular weight is 393 g/mol. The highest BCUT2D eigenvalue weighted by Crippen LogP contribution is 2.29. The first-order valence-corrected chi connectivity index (χ1v) is 8.56. The van der Waals surface area contributed by atoms with Crippen molar-refractivity contribution in [3.05, 3.63) is 34.6 Å². The van der Waals surface area contributed by atoms with Crippen LogP contribution in [-0.2, 0) is 19.6 Å². The lowest BCUT2D eigenvalue weighted by Crippen LogP contribution is -2.42. The van der Waals surface area contributed by atoms with Gasteiger partial charge in [-0.15, -0.1) is 0 Å². The number of fused-ring (bicyclic) bond motifs is 1. The fraction of sp³-hybridized carbons (Fsp3) is 0.154. The van der Waals surface area contributed by atoms with Crippen LogP contribution in [0.15, 0.2) is 29.3 Å². The third-order valence-electron chi connectivity index (χ3n) is 3.05. The molecule has 24 heavy (non-hydrogen) atoms. The Kier molecular flexibility index (Phi) is 5.29. The number of rotatable bonds is 6. The van der Waals surface area contributed by atoms with E-state index in [4.69, 9.17) is 33.4 Å². The van der Waals surface area contributed by atoms with Gasteiger partial charge in [0, 0.05) is 17.0 Å². The minimum Gasteiger partial charge on any atom is -0.481 e. The van der Waals surface area contributed by atoms with E-state index in [1.54, 1.807) is 0 Å². The molecule has 128 valence electrons. The number of carboxylic acids is 2. The molecular formula is C13H10Cl2N2O6S. The largest absolute Gasteiger partial charge is 0.481 e. The van der Waals surface area contributed by atoms with Crippen LogP contribution >= 0.6 is 23.2 Å². The molecule has 0 amide bonds. The Morgan fingerprint density at radius 3 is 2.46 bits per heavy atom. The first-order valence-electron chi connectivity index (χ1n) is 6.32. The van der Waals surface area contributed by atoms with Gasteiger partial charge in [-0.1, -0.05) is 29.3 Å². The second-order valence-corrected chi connectivity index (χ2v) is 7.19. The number of carbonyl (C=O) groups is 2. The lowest BCUT2D eigenvalue weighted by atomic mass is 10.2. The number of hydrogen-bond donors (Lipinski definition) is 3. The van der Waals surface area contributed by atoms with Crippen molar-refractivity contribution in [3.8, 4) is 0 Å². The molecule has 0 spiro atoms. The average Bonchev–Trinajstić information content (AvgIpc) is 2.49. The normalized spacial score (nSPS) is 12.9. The van der Waals surface area contributed by atoms with Crippen molar-refractivity contribution >= 4 is 55.9 Å². The van der Waals surface area contributed by atoms with Gasteiger partial charge in [0.05, 0.1) is 16.3 Å². The zero-order chi connectivity index (χ0) is 18.1. The summed E-state index contributed by atoms with van der Waals surface area (Å²) in [5.74, 6) is -3.06. The number of aromatic nitrogens is 1. The quantitative estimate of drug-likeness (QED) is 0.637. The Morgan fingerprint density at radius 2 is 1.88 bits per heavy atom. The van der Waals surface area contributed by atoms with E-state index >= 15 is 0 Å². The molecule has 0 radical (unpaired) electrons. The molecule has 0 aliphatic heterocycles. The third-order valence-corrected chi connectivity index (χ3v) is 5.12. The Labute approximate surface area is 146 Å². The molecule has 3 N–H and O–H groups in total. The van der Waals surface area contributed by atoms with Gasteiger partial charge in [-0.2, -0.15) is 4.72 Å². The molecular weight excluding hydrogens is 383 g/mol. The topological polar surface area (TPSA) is 134 Å². The van der Waals surface area contributed by atoms with Gasteiger partial charge >= 0.3 is 11.9 Å². The van der Waals surface area contributed by atoms with Crippen LogP contribution in [0.25, 0.3) is 10.8 Å². The summed E-state index contributed by atoms with van der Waals surface area (Å²) in [6, 6.07) is 1.97. The number of benzene rings is 1. The number of pyridine rings is 1. The lowest BCUT2D eigenvalue weighted by Gasteiger charge is -2.13. The molecule has 0 bridgehead atoms. The van der Waals surface area contributed by atoms with Crippen molar-refractivity contribution in [2.45, 2.75) is 17.4 Å². The maximum atomic E-state index is 12.3. The molecule has 0 aliphatic rings. The van der Waals surface area contributed by atoms with Gasteiger partial charge in [0.25, 0.3) is 0 Å². The maximum absolute atomic E-state index is 12.3. The SMILES string of the molecule is O=C(O)C[C@@H](NS(=O)(=O)c1ccc2c(Cl)cnc(Cl)c2c1)C(=O)O. The van der Waals surface area contributed by atoms with E-state index in [9.17, 15) is 18.0 Å². The molecule has 2 rings (SSSR count). The van der Waals surface area contributed by atoms with Gasteiger partial charge in [0.15, 0.2) is 0 Å². The number of hydrogen-bond acceptors (Lipinski definition) is 5. The predicted octanol–water partition coefficient (Wildman–Crippen LogP) is 1.75. The molecule has 1 atom stereocenters. The summed E-state index contributed by atoms with van der Waals surface area (Å²) in [7, 11) is -4.29. The monoisotopic (exact) mass is 392 g/mol. The first-order chi connectivity index (χ1) is 11.1. The van der Waals surface area contributed by atoms with Crippen LogP contribution in [0.1, 0.15) is 6.42 Å². The van der Waals surface area contributed by atoms with Crippen molar-refractivity contribution in [2.24, 2.45) is 0 Å². The summed E-state index contributed by atoms with van der Waals surface area (Å²) >= 11 is 11.9. The maximum Gasteiger partial charge on any atom is 0.322 e. The van der Waals surface area contributed by atoms with E-state index in [1.165, 1.54) is 24.4 Å². The van der Waals surface area contributed by atoms with Gasteiger partial charge in [-0.25, -0.2) is 13.4 Å². The van der Waals surface area contributed by atoms with Crippen LogP contribution in [0.2, 0.25) is 10.2 Å². The van der Waals surface area contributed by atoms with Crippen LogP contribution in [0.4, 0.5) is 0 Å². The Morgan fingerprint density at radius 1 is 1.21 bits per heavy atom. The summed E-state index contributed by atoms with van der Waals surface area (Å²) in [6.07, 6.45) is 0.405. The van der Waals surface area contributed by atoms with E-state index in [1.807, 2.05) is 4.72 Å². The fourth-order valence-electron chi connectivity index (χ4n) is 1.93. The second kappa shape index (κ2) is 6.89. The number of sulfonamides is 1. The lowest BCUT2D eigenvalue weighted by molar-refractivity contribution is -0.145. The molecule has 1 aromatic carbocycles. The van der Waals surface area contributed by atoms with Crippen molar-refractivity contribution in [3.63, 3.8) is 0 Å². The molecule has 0 aliphatic carbocycles. The summed E-state index contributed by atoms with van der Waals surface area (Å²) in [5.41, 5.74) is 0. The smallest absolute Gasteiger partial charge is 0.322 e. The molecule has 0 unspecified atom stereocenters. The highest BCUT2D eigenvalue weighted by atomic mass is 35.5. The molecule has 0 fully saturated rings. The summed E-state index contributed by atoms with van der Waals surface area (Å²) < 4.78 is 26.4. The van der Waals surface area contributed by atoms with E-state index < -0.39 is 34.4 Å². The van der Waals surface area contributed by atoms with E-state index in [-0.39, 0.29) is 20.5 Å². The van der Waals surface area contributed by atoms with Crippen LogP contribution in [0, 0.1) is 0 Å². The van der Waals surface area contributed by atoms with E-state index in [0.29, 0.717) is 5.39 Å². The minimum atomic E-state index is -4.29. The van der Waals surface area contributed by atoms with E-state index in [2.05, 4.69) is 4.98 Å². The molecule has 0 saturated heterocycles. The summed E-state index contributed by atoms with van der Waals surface area (Å²) in [4.78, 5) is 25.2. The predicted molar refractivity (Wildman–Crippen MR) is 85.8 cm³/mol. The van der Waals surface area contributed by atoms with Crippen molar-refractivity contribution in [2.75, 3.05) is 0 Å². The molecule has 2 aromatic rings. The molecule has 0 saturated carbocycles. The van der Waals surface area contributed by atoms with Gasteiger partial charge in [-0.3, -0.25) is 9.59 Å². The molecule has 1 aromatic heterocycles. The van der Waals surface area contributed by atoms with E-state index in [0.717, 1.165) is 0 Å². The summed E-state index contributed by atoms with van der Waals surface area (Å²) in [5, 5.41) is 18.6. The number of nitrogens with one attached hydrogen (secondary N) is 1. The molecule has 8 nitrogen and oxygen atoms in total. The van der Waals surface area contributed by atoms with Crippen molar-refractivity contribution in [1.82, 2.24) is 9.71 Å². The fourth-order valence-corrected chi connectivity index (χ4v) is 3.56. The zero-order valence-corrected chi connectivity index (χ0v) is 14.1. The number of nitrogens with zero attached hydrogens (tertiary/aromatic N) is 1. The minimum absolute atomic E-state index is 0.0202. The number of aliphatic carboxylic acids is 2. The van der Waals surface area contributed by atoms with Gasteiger partial charge in [0.1, 0.15) is 11.2 Å². The Hall–Kier alpha value is -1.94. The first kappa shape index (κ1) is 18.4. The molecule has 1 heterocycles. The van der Waals surface area contributed by atoms with Crippen molar-refractivity contribution < 1.29 is 28.2 Å². The molecule has 11 heteroatoms. The van der Waals surface area contributed by atoms with Gasteiger partial charge < -0.3 is 10.2 Å².